The second kappa shape index (κ2) is 7.30. The van der Waals surface area contributed by atoms with Gasteiger partial charge in [0.15, 0.2) is 0 Å². The van der Waals surface area contributed by atoms with Crippen LogP contribution in [0.5, 0.6) is 0 Å². The van der Waals surface area contributed by atoms with Crippen molar-refractivity contribution >= 4 is 17.3 Å². The fourth-order valence-corrected chi connectivity index (χ4v) is 3.13. The van der Waals surface area contributed by atoms with E-state index in [9.17, 15) is 5.11 Å². The lowest BCUT2D eigenvalue weighted by Crippen LogP contribution is -2.37. The molecule has 0 radical (unpaired) electrons. The third-order valence-electron chi connectivity index (χ3n) is 4.21. The predicted molar refractivity (Wildman–Crippen MR) is 85.5 cm³/mol. The first-order chi connectivity index (χ1) is 9.63. The Morgan fingerprint density at radius 1 is 1.40 bits per heavy atom. The number of halogens is 1. The number of hydrogen-bond donors (Lipinski definition) is 2. The number of piperidine rings is 1. The van der Waals surface area contributed by atoms with Crippen molar-refractivity contribution in [2.45, 2.75) is 39.3 Å². The summed E-state index contributed by atoms with van der Waals surface area (Å²) in [7, 11) is 0. The van der Waals surface area contributed by atoms with Gasteiger partial charge in [0.05, 0.1) is 6.10 Å². The van der Waals surface area contributed by atoms with E-state index >= 15 is 0 Å². The zero-order valence-electron chi connectivity index (χ0n) is 12.4. The van der Waals surface area contributed by atoms with Crippen LogP contribution in [-0.4, -0.2) is 30.8 Å². The minimum absolute atomic E-state index is 0.197. The summed E-state index contributed by atoms with van der Waals surface area (Å²) < 4.78 is 0. The van der Waals surface area contributed by atoms with Gasteiger partial charge in [0.2, 0.25) is 0 Å². The molecule has 20 heavy (non-hydrogen) atoms. The third kappa shape index (κ3) is 3.66. The lowest BCUT2D eigenvalue weighted by atomic mass is 9.91. The van der Waals surface area contributed by atoms with E-state index in [-0.39, 0.29) is 6.10 Å². The summed E-state index contributed by atoms with van der Waals surface area (Å²) in [4.78, 5) is 2.40. The first-order valence-corrected chi connectivity index (χ1v) is 7.92. The first-order valence-electron chi connectivity index (χ1n) is 7.54. The van der Waals surface area contributed by atoms with Gasteiger partial charge >= 0.3 is 0 Å². The summed E-state index contributed by atoms with van der Waals surface area (Å²) in [6, 6.07) is 6.13. The molecule has 1 aromatic carbocycles. The topological polar surface area (TPSA) is 35.5 Å². The van der Waals surface area contributed by atoms with Gasteiger partial charge in [-0.15, -0.1) is 0 Å². The molecular weight excluding hydrogens is 272 g/mol. The monoisotopic (exact) mass is 296 g/mol. The molecule has 1 unspecified atom stereocenters. The summed E-state index contributed by atoms with van der Waals surface area (Å²) >= 11 is 6.36. The van der Waals surface area contributed by atoms with Gasteiger partial charge in [-0.3, -0.25) is 0 Å². The minimum Gasteiger partial charge on any atom is -0.393 e. The number of benzene rings is 1. The van der Waals surface area contributed by atoms with E-state index in [1.165, 1.54) is 11.3 Å². The van der Waals surface area contributed by atoms with Crippen molar-refractivity contribution in [1.82, 2.24) is 5.32 Å². The highest BCUT2D eigenvalue weighted by Crippen LogP contribution is 2.31. The van der Waals surface area contributed by atoms with Gasteiger partial charge in [0.1, 0.15) is 0 Å². The quantitative estimate of drug-likeness (QED) is 0.877. The van der Waals surface area contributed by atoms with E-state index in [0.29, 0.717) is 5.92 Å². The molecule has 0 saturated carbocycles. The van der Waals surface area contributed by atoms with Crippen LogP contribution in [-0.2, 0) is 6.54 Å². The highest BCUT2D eigenvalue weighted by Gasteiger charge is 2.24. The molecule has 0 aromatic heterocycles. The molecule has 112 valence electrons. The molecule has 1 fully saturated rings. The Morgan fingerprint density at radius 2 is 2.10 bits per heavy atom. The van der Waals surface area contributed by atoms with Crippen molar-refractivity contribution in [3.05, 3.63) is 28.8 Å². The number of hydrogen-bond acceptors (Lipinski definition) is 3. The molecule has 1 atom stereocenters. The molecule has 4 heteroatoms. The lowest BCUT2D eigenvalue weighted by Gasteiger charge is -2.36. The Labute approximate surface area is 126 Å². The van der Waals surface area contributed by atoms with Crippen LogP contribution in [0.1, 0.15) is 32.3 Å². The van der Waals surface area contributed by atoms with Gasteiger partial charge in [-0.2, -0.15) is 0 Å². The molecule has 0 bridgehead atoms. The number of anilines is 1. The molecule has 3 nitrogen and oxygen atoms in total. The van der Waals surface area contributed by atoms with Gasteiger partial charge in [0, 0.05) is 35.9 Å². The maximum Gasteiger partial charge on any atom is 0.0541 e. The Bertz CT molecular complexity index is 428. The largest absolute Gasteiger partial charge is 0.393 e. The van der Waals surface area contributed by atoms with Crippen LogP contribution < -0.4 is 10.2 Å². The van der Waals surface area contributed by atoms with Crippen molar-refractivity contribution in [1.29, 1.82) is 0 Å². The van der Waals surface area contributed by atoms with E-state index in [1.807, 2.05) is 19.1 Å². The molecule has 2 N–H and O–H groups in total. The number of aliphatic hydroxyl groups excluding tert-OH is 1. The minimum atomic E-state index is -0.197. The van der Waals surface area contributed by atoms with Gasteiger partial charge < -0.3 is 15.3 Å². The van der Waals surface area contributed by atoms with Crippen molar-refractivity contribution in [2.75, 3.05) is 24.5 Å². The van der Waals surface area contributed by atoms with Gasteiger partial charge in [-0.25, -0.2) is 0 Å². The van der Waals surface area contributed by atoms with Gasteiger partial charge in [-0.05, 0) is 44.4 Å². The van der Waals surface area contributed by atoms with Crippen molar-refractivity contribution < 1.29 is 5.11 Å². The summed E-state index contributed by atoms with van der Waals surface area (Å²) in [5.74, 6) is 0.433. The molecule has 1 saturated heterocycles. The fraction of sp³-hybridized carbons (Fsp3) is 0.625. The number of aliphatic hydroxyl groups is 1. The summed E-state index contributed by atoms with van der Waals surface area (Å²) in [6.45, 7) is 7.74. The van der Waals surface area contributed by atoms with Crippen LogP contribution in [0, 0.1) is 5.92 Å². The summed E-state index contributed by atoms with van der Waals surface area (Å²) in [5, 5.41) is 13.9. The second-order valence-electron chi connectivity index (χ2n) is 5.58. The van der Waals surface area contributed by atoms with Crippen molar-refractivity contribution in [3.63, 3.8) is 0 Å². The summed E-state index contributed by atoms with van der Waals surface area (Å²) in [5.41, 5.74) is 2.43. The standard InChI is InChI=1S/C16H25ClN2O/c1-3-18-11-14-15(17)5-4-6-16(14)19-9-7-13(8-10-19)12(2)20/h4-6,12-13,18,20H,3,7-11H2,1-2H3. The smallest absolute Gasteiger partial charge is 0.0541 e. The number of nitrogens with one attached hydrogen (secondary N) is 1. The maximum atomic E-state index is 9.70. The van der Waals surface area contributed by atoms with Crippen LogP contribution in [0.4, 0.5) is 5.69 Å². The normalized spacial score (nSPS) is 18.3. The Morgan fingerprint density at radius 3 is 2.70 bits per heavy atom. The van der Waals surface area contributed by atoms with Gasteiger partial charge in [0.25, 0.3) is 0 Å². The molecule has 0 amide bonds. The fourth-order valence-electron chi connectivity index (χ4n) is 2.89. The molecule has 0 aliphatic carbocycles. The molecule has 1 aliphatic rings. The van der Waals surface area contributed by atoms with Crippen LogP contribution in [0.2, 0.25) is 5.02 Å². The third-order valence-corrected chi connectivity index (χ3v) is 4.56. The average molecular weight is 297 g/mol. The van der Waals surface area contributed by atoms with Crippen LogP contribution in [0.3, 0.4) is 0 Å². The van der Waals surface area contributed by atoms with Crippen molar-refractivity contribution in [3.8, 4) is 0 Å². The lowest BCUT2D eigenvalue weighted by molar-refractivity contribution is 0.110. The number of nitrogens with zero attached hydrogens (tertiary/aromatic N) is 1. The Hall–Kier alpha value is -0.770. The highest BCUT2D eigenvalue weighted by molar-refractivity contribution is 6.31. The van der Waals surface area contributed by atoms with E-state index in [0.717, 1.165) is 44.0 Å². The molecule has 1 aliphatic heterocycles. The van der Waals surface area contributed by atoms with Crippen LogP contribution >= 0.6 is 11.6 Å². The molecule has 1 heterocycles. The molecule has 2 rings (SSSR count). The zero-order chi connectivity index (χ0) is 14.5. The highest BCUT2D eigenvalue weighted by atomic mass is 35.5. The molecule has 1 aromatic rings. The van der Waals surface area contributed by atoms with E-state index < -0.39 is 0 Å². The first kappa shape index (κ1) is 15.6. The van der Waals surface area contributed by atoms with Crippen LogP contribution in [0.25, 0.3) is 0 Å². The maximum absolute atomic E-state index is 9.70. The molecule has 0 spiro atoms. The van der Waals surface area contributed by atoms with Crippen LogP contribution in [0.15, 0.2) is 18.2 Å². The Balaban J connectivity index is 2.11. The van der Waals surface area contributed by atoms with E-state index in [2.05, 4.69) is 23.2 Å². The van der Waals surface area contributed by atoms with E-state index in [1.54, 1.807) is 0 Å². The van der Waals surface area contributed by atoms with Gasteiger partial charge in [-0.1, -0.05) is 24.6 Å². The van der Waals surface area contributed by atoms with E-state index in [4.69, 9.17) is 11.6 Å². The number of rotatable bonds is 5. The summed E-state index contributed by atoms with van der Waals surface area (Å²) in [6.07, 6.45) is 1.90. The zero-order valence-corrected chi connectivity index (χ0v) is 13.2. The SMILES string of the molecule is CCNCc1c(Cl)cccc1N1CCC(C(C)O)CC1. The average Bonchev–Trinajstić information content (AvgIpc) is 2.46. The predicted octanol–water partition coefficient (Wildman–Crippen LogP) is 3.05. The second-order valence-corrected chi connectivity index (χ2v) is 5.99. The van der Waals surface area contributed by atoms with Crippen molar-refractivity contribution in [2.24, 2.45) is 5.92 Å². The molecular formula is C16H25ClN2O. The Kier molecular flexibility index (Phi) is 5.70.